The van der Waals surface area contributed by atoms with E-state index in [0.717, 1.165) is 11.1 Å². The fourth-order valence-corrected chi connectivity index (χ4v) is 1.25. The largest absolute Gasteiger partial charge is 0.507 e. The van der Waals surface area contributed by atoms with Gasteiger partial charge in [-0.15, -0.1) is 5.11 Å². The third-order valence-corrected chi connectivity index (χ3v) is 2.28. The van der Waals surface area contributed by atoms with Crippen molar-refractivity contribution in [1.82, 2.24) is 0 Å². The van der Waals surface area contributed by atoms with E-state index in [1.807, 2.05) is 0 Å². The van der Waals surface area contributed by atoms with Gasteiger partial charge in [-0.3, -0.25) is 0 Å². The summed E-state index contributed by atoms with van der Waals surface area (Å²) in [4.78, 5) is 10.4. The summed E-state index contributed by atoms with van der Waals surface area (Å²) in [6.07, 6.45) is 0. The number of carbonyl (C=O) groups is 1. The second kappa shape index (κ2) is 4.08. The fraction of sp³-hybridized carbons (Fsp3) is 0.300. The molecule has 0 unspecified atom stereocenters. The Kier molecular flexibility index (Phi) is 3.04. The summed E-state index contributed by atoms with van der Waals surface area (Å²) in [5.41, 5.74) is 7.59. The molecule has 0 atom stereocenters. The molecule has 0 aliphatic carbocycles. The molecular formula is C10H13N3O2. The maximum atomic E-state index is 10.4. The molecule has 1 rings (SSSR count). The fourth-order valence-electron chi connectivity index (χ4n) is 1.25. The van der Waals surface area contributed by atoms with Crippen molar-refractivity contribution in [2.75, 3.05) is 0 Å². The quantitative estimate of drug-likeness (QED) is 0.693. The van der Waals surface area contributed by atoms with E-state index in [-0.39, 0.29) is 5.75 Å². The lowest BCUT2D eigenvalue weighted by atomic mass is 10.0. The van der Waals surface area contributed by atoms with Crippen LogP contribution in [0.2, 0.25) is 0 Å². The number of aryl methyl sites for hydroxylation is 1. The SMILES string of the molecule is Cc1cc(N=NC(N)=O)c(C)c(C)c1O. The van der Waals surface area contributed by atoms with Crippen LogP contribution < -0.4 is 5.73 Å². The van der Waals surface area contributed by atoms with Gasteiger partial charge in [0.1, 0.15) is 5.75 Å². The van der Waals surface area contributed by atoms with Gasteiger partial charge in [-0.1, -0.05) is 5.11 Å². The number of nitrogens with zero attached hydrogens (tertiary/aromatic N) is 2. The van der Waals surface area contributed by atoms with Crippen molar-refractivity contribution < 1.29 is 9.90 Å². The van der Waals surface area contributed by atoms with Crippen LogP contribution in [0.1, 0.15) is 16.7 Å². The van der Waals surface area contributed by atoms with Gasteiger partial charge in [-0.25, -0.2) is 4.79 Å². The Morgan fingerprint density at radius 1 is 1.33 bits per heavy atom. The van der Waals surface area contributed by atoms with Gasteiger partial charge < -0.3 is 10.8 Å². The molecule has 1 aromatic rings. The molecular weight excluding hydrogens is 194 g/mol. The van der Waals surface area contributed by atoms with Crippen LogP contribution in [0, 0.1) is 20.8 Å². The predicted octanol–water partition coefficient (Wildman–Crippen LogP) is 2.48. The number of phenolic OH excluding ortho intramolecular Hbond substituents is 1. The lowest BCUT2D eigenvalue weighted by molar-refractivity contribution is 0.255. The summed E-state index contributed by atoms with van der Waals surface area (Å²) in [5, 5.41) is 16.6. The van der Waals surface area contributed by atoms with Crippen molar-refractivity contribution >= 4 is 11.7 Å². The highest BCUT2D eigenvalue weighted by Gasteiger charge is 2.08. The third kappa shape index (κ3) is 2.31. The average molecular weight is 207 g/mol. The number of azo groups is 1. The molecule has 5 nitrogen and oxygen atoms in total. The molecule has 0 fully saturated rings. The molecule has 0 saturated heterocycles. The van der Waals surface area contributed by atoms with Crippen molar-refractivity contribution in [3.8, 4) is 5.75 Å². The molecule has 2 amide bonds. The first-order valence-electron chi connectivity index (χ1n) is 4.44. The molecule has 80 valence electrons. The second-order valence-electron chi connectivity index (χ2n) is 3.35. The summed E-state index contributed by atoms with van der Waals surface area (Å²) in [6.45, 7) is 5.33. The Balaban J connectivity index is 3.26. The van der Waals surface area contributed by atoms with Crippen LogP contribution in [-0.4, -0.2) is 11.1 Å². The molecule has 0 aliphatic heterocycles. The number of aromatic hydroxyl groups is 1. The Bertz CT molecular complexity index is 439. The van der Waals surface area contributed by atoms with Gasteiger partial charge in [0.25, 0.3) is 0 Å². The smallest absolute Gasteiger partial charge is 0.356 e. The molecule has 0 heterocycles. The number of rotatable bonds is 1. The highest BCUT2D eigenvalue weighted by molar-refractivity contribution is 5.72. The number of primary amides is 1. The van der Waals surface area contributed by atoms with Crippen molar-refractivity contribution in [2.24, 2.45) is 16.0 Å². The average Bonchev–Trinajstić information content (AvgIpc) is 2.18. The van der Waals surface area contributed by atoms with Crippen LogP contribution >= 0.6 is 0 Å². The van der Waals surface area contributed by atoms with Gasteiger partial charge in [0, 0.05) is 0 Å². The molecule has 0 aromatic heterocycles. The first-order chi connectivity index (χ1) is 6.93. The summed E-state index contributed by atoms with van der Waals surface area (Å²) in [7, 11) is 0. The van der Waals surface area contributed by atoms with E-state index in [1.165, 1.54) is 0 Å². The van der Waals surface area contributed by atoms with Crippen LogP contribution in [0.15, 0.2) is 16.3 Å². The second-order valence-corrected chi connectivity index (χ2v) is 3.35. The summed E-state index contributed by atoms with van der Waals surface area (Å²) in [5.74, 6) is 0.241. The Morgan fingerprint density at radius 3 is 2.47 bits per heavy atom. The first-order valence-corrected chi connectivity index (χ1v) is 4.44. The van der Waals surface area contributed by atoms with E-state index in [0.29, 0.717) is 11.3 Å². The molecule has 15 heavy (non-hydrogen) atoms. The van der Waals surface area contributed by atoms with Gasteiger partial charge >= 0.3 is 6.03 Å². The minimum Gasteiger partial charge on any atom is -0.507 e. The van der Waals surface area contributed by atoms with E-state index >= 15 is 0 Å². The monoisotopic (exact) mass is 207 g/mol. The summed E-state index contributed by atoms with van der Waals surface area (Å²) in [6, 6.07) is 0.821. The van der Waals surface area contributed by atoms with Gasteiger partial charge in [0.15, 0.2) is 0 Å². The van der Waals surface area contributed by atoms with E-state index in [2.05, 4.69) is 10.2 Å². The number of phenols is 1. The molecule has 3 N–H and O–H groups in total. The van der Waals surface area contributed by atoms with Gasteiger partial charge in [-0.05, 0) is 43.5 Å². The number of amides is 2. The molecule has 0 aliphatic rings. The van der Waals surface area contributed by atoms with Crippen LogP contribution in [-0.2, 0) is 0 Å². The van der Waals surface area contributed by atoms with Gasteiger partial charge in [0.2, 0.25) is 0 Å². The minimum atomic E-state index is -0.835. The molecule has 1 aromatic carbocycles. The van der Waals surface area contributed by atoms with Crippen LogP contribution in [0.25, 0.3) is 0 Å². The molecule has 0 radical (unpaired) electrons. The Hall–Kier alpha value is -1.91. The Labute approximate surface area is 87.6 Å². The molecule has 0 bridgehead atoms. The zero-order valence-electron chi connectivity index (χ0n) is 8.90. The van der Waals surface area contributed by atoms with Crippen LogP contribution in [0.3, 0.4) is 0 Å². The highest BCUT2D eigenvalue weighted by atomic mass is 16.3. The standard InChI is InChI=1S/C10H13N3O2/c1-5-4-8(12-13-10(11)15)6(2)7(3)9(5)14/h4,14H,1-3H3,(H2,11,15). The van der Waals surface area contributed by atoms with E-state index in [9.17, 15) is 9.90 Å². The number of urea groups is 1. The highest BCUT2D eigenvalue weighted by Crippen LogP contribution is 2.32. The topological polar surface area (TPSA) is 88.0 Å². The number of benzene rings is 1. The van der Waals surface area contributed by atoms with Crippen molar-refractivity contribution in [3.05, 3.63) is 22.8 Å². The molecule has 5 heteroatoms. The maximum absolute atomic E-state index is 10.4. The number of hydrogen-bond donors (Lipinski definition) is 2. The van der Waals surface area contributed by atoms with E-state index in [1.54, 1.807) is 26.8 Å². The lowest BCUT2D eigenvalue weighted by Crippen LogP contribution is -2.02. The van der Waals surface area contributed by atoms with Gasteiger partial charge in [0.05, 0.1) is 5.69 Å². The number of hydrogen-bond acceptors (Lipinski definition) is 3. The zero-order chi connectivity index (χ0) is 11.6. The van der Waals surface area contributed by atoms with Crippen molar-refractivity contribution in [3.63, 3.8) is 0 Å². The van der Waals surface area contributed by atoms with Gasteiger partial charge in [-0.2, -0.15) is 0 Å². The van der Waals surface area contributed by atoms with Crippen molar-refractivity contribution in [1.29, 1.82) is 0 Å². The molecule has 0 spiro atoms. The maximum Gasteiger partial charge on any atom is 0.356 e. The zero-order valence-corrected chi connectivity index (χ0v) is 8.90. The first kappa shape index (κ1) is 11.2. The normalized spacial score (nSPS) is 10.9. The Morgan fingerprint density at radius 2 is 1.93 bits per heavy atom. The summed E-state index contributed by atoms with van der Waals surface area (Å²) < 4.78 is 0. The number of carbonyl (C=O) groups excluding carboxylic acids is 1. The van der Waals surface area contributed by atoms with Crippen LogP contribution in [0.4, 0.5) is 10.5 Å². The van der Waals surface area contributed by atoms with E-state index < -0.39 is 6.03 Å². The third-order valence-electron chi connectivity index (χ3n) is 2.28. The summed E-state index contributed by atoms with van der Waals surface area (Å²) >= 11 is 0. The molecule has 0 saturated carbocycles. The predicted molar refractivity (Wildman–Crippen MR) is 56.4 cm³/mol. The van der Waals surface area contributed by atoms with E-state index in [4.69, 9.17) is 5.73 Å². The van der Waals surface area contributed by atoms with Crippen LogP contribution in [0.5, 0.6) is 5.75 Å². The lowest BCUT2D eigenvalue weighted by Gasteiger charge is -2.08. The minimum absolute atomic E-state index is 0.241. The number of nitrogens with two attached hydrogens (primary N) is 1. The van der Waals surface area contributed by atoms with Crippen molar-refractivity contribution in [2.45, 2.75) is 20.8 Å².